The van der Waals surface area contributed by atoms with Crippen LogP contribution in [0.1, 0.15) is 13.3 Å². The predicted octanol–water partition coefficient (Wildman–Crippen LogP) is -2.10. The Morgan fingerprint density at radius 1 is 1.34 bits per heavy atom. The Balaban J connectivity index is 0.00000400. The Morgan fingerprint density at radius 3 is 2.68 bits per heavy atom. The Hall–Kier alpha value is -1.65. The van der Waals surface area contributed by atoms with Gasteiger partial charge in [0.2, 0.25) is 0 Å². The van der Waals surface area contributed by atoms with E-state index in [2.05, 4.69) is 25.9 Å². The molecule has 5 N–H and O–H groups in total. The number of aromatic nitrogens is 1. The van der Waals surface area contributed by atoms with Crippen molar-refractivity contribution in [3.63, 3.8) is 0 Å². The summed E-state index contributed by atoms with van der Waals surface area (Å²) in [5.41, 5.74) is 1.18. The van der Waals surface area contributed by atoms with Crippen LogP contribution >= 0.6 is 27.3 Å². The van der Waals surface area contributed by atoms with Crippen LogP contribution in [0, 0.1) is 0 Å². The molecule has 0 aliphatic carbocycles. The number of carboxylic acids is 1. The van der Waals surface area contributed by atoms with E-state index < -0.39 is 61.1 Å². The van der Waals surface area contributed by atoms with Gasteiger partial charge in [-0.1, -0.05) is 28.1 Å². The van der Waals surface area contributed by atoms with Gasteiger partial charge in [-0.25, -0.2) is 9.78 Å². The van der Waals surface area contributed by atoms with Crippen molar-refractivity contribution in [2.75, 3.05) is 6.61 Å². The summed E-state index contributed by atoms with van der Waals surface area (Å²) in [5, 5.41) is 63.2. The monoisotopic (exact) mass is 618 g/mol. The minimum Gasteiger partial charge on any atom is -0.862 e. The number of aliphatic imine (C=N–C) groups is 1. The summed E-state index contributed by atoms with van der Waals surface area (Å²) in [7, 11) is 0. The topological polar surface area (TPSA) is 185 Å². The molecule has 2 heterocycles. The van der Waals surface area contributed by atoms with Crippen molar-refractivity contribution in [2.45, 2.75) is 49.6 Å². The fraction of sp³-hybridized carbons (Fsp3) is 0.375. The molecular weight excluding hydrogens is 595 g/mol. The van der Waals surface area contributed by atoms with Crippen molar-refractivity contribution >= 4 is 49.4 Å². The summed E-state index contributed by atoms with van der Waals surface area (Å²) in [6, 6.07) is 10.8. The summed E-state index contributed by atoms with van der Waals surface area (Å²) in [5.74, 6) is -4.81. The molecule has 6 unspecified atom stereocenters. The van der Waals surface area contributed by atoms with E-state index in [0.29, 0.717) is 15.0 Å². The number of thiazole rings is 1. The van der Waals surface area contributed by atoms with Gasteiger partial charge in [-0.15, -0.1) is 11.3 Å². The number of hydrogen-bond donors (Lipinski definition) is 5. The van der Waals surface area contributed by atoms with E-state index in [0.717, 1.165) is 17.1 Å². The zero-order chi connectivity index (χ0) is 26.9. The molecule has 0 spiro atoms. The van der Waals surface area contributed by atoms with Gasteiger partial charge in [-0.2, -0.15) is 0 Å². The van der Waals surface area contributed by atoms with Crippen LogP contribution in [0.15, 0.2) is 51.9 Å². The largest absolute Gasteiger partial charge is 1.00 e. The maximum absolute atomic E-state index is 12.5. The second kappa shape index (κ2) is 12.7. The van der Waals surface area contributed by atoms with Gasteiger partial charge in [0.05, 0.1) is 34.9 Å². The molecule has 3 aromatic rings. The molecule has 1 aliphatic heterocycles. The first-order valence-corrected chi connectivity index (χ1v) is 12.8. The number of rotatable bonds is 8. The van der Waals surface area contributed by atoms with Gasteiger partial charge in [-0.05, 0) is 43.2 Å². The Kier molecular flexibility index (Phi) is 10.3. The standard InChI is InChI=1S/C24H25BrN2O9S.Na/c1-11(29)26-19-15(30)9-24(23(33)34,36-21(19)20(32)16(31)10-28)35-17-7-6-12(25)8-13(17)22-27-14-4-2-3-5-18(14)37-22;/h2-8,15-16,19-21,28,30-32H,9-10H2,1H3,(H,26,29)(H,33,34);/q;+1/p-1. The molecule has 1 fully saturated rings. The fourth-order valence-corrected chi connectivity index (χ4v) is 5.44. The van der Waals surface area contributed by atoms with Crippen LogP contribution in [0.3, 0.4) is 0 Å². The van der Waals surface area contributed by atoms with Crippen LogP contribution in [-0.4, -0.2) is 85.2 Å². The number of aliphatic hydroxyl groups excluding tert-OH is 4. The Labute approximate surface area is 251 Å². The molecule has 1 aliphatic rings. The molecule has 0 radical (unpaired) electrons. The van der Waals surface area contributed by atoms with E-state index in [1.54, 1.807) is 12.1 Å². The van der Waals surface area contributed by atoms with Crippen LogP contribution in [0.25, 0.3) is 20.8 Å². The van der Waals surface area contributed by atoms with Crippen LogP contribution in [0.5, 0.6) is 5.75 Å². The van der Waals surface area contributed by atoms with E-state index in [1.807, 2.05) is 24.3 Å². The molecule has 38 heavy (non-hydrogen) atoms. The summed E-state index contributed by atoms with van der Waals surface area (Å²) in [4.78, 5) is 20.9. The van der Waals surface area contributed by atoms with Crippen molar-refractivity contribution in [2.24, 2.45) is 4.99 Å². The third-order valence-corrected chi connectivity index (χ3v) is 7.41. The van der Waals surface area contributed by atoms with Gasteiger partial charge in [0.25, 0.3) is 0 Å². The van der Waals surface area contributed by atoms with Crippen LogP contribution in [0.2, 0.25) is 0 Å². The number of carboxylic acid groups (broad SMARTS) is 1. The second-order valence-electron chi connectivity index (χ2n) is 8.52. The molecule has 0 bridgehead atoms. The number of aliphatic carboxylic acids is 1. The number of halogens is 1. The van der Waals surface area contributed by atoms with E-state index in [4.69, 9.17) is 9.47 Å². The Morgan fingerprint density at radius 2 is 2.05 bits per heavy atom. The number of aliphatic hydroxyl groups is 4. The summed E-state index contributed by atoms with van der Waals surface area (Å²) >= 11 is 4.76. The summed E-state index contributed by atoms with van der Waals surface area (Å²) in [6.45, 7) is 0.222. The quantitative estimate of drug-likeness (QED) is 0.106. The maximum atomic E-state index is 12.5. The van der Waals surface area contributed by atoms with Crippen LogP contribution in [-0.2, 0) is 9.53 Å². The number of fused-ring (bicyclic) bond motifs is 1. The molecule has 0 saturated carbocycles. The summed E-state index contributed by atoms with van der Waals surface area (Å²) < 4.78 is 13.2. The van der Waals surface area contributed by atoms with E-state index in [9.17, 15) is 35.4 Å². The maximum Gasteiger partial charge on any atom is 1.00 e. The van der Waals surface area contributed by atoms with E-state index >= 15 is 0 Å². The average molecular weight is 619 g/mol. The van der Waals surface area contributed by atoms with Gasteiger partial charge < -0.3 is 40.1 Å². The van der Waals surface area contributed by atoms with Crippen LogP contribution in [0.4, 0.5) is 0 Å². The van der Waals surface area contributed by atoms with E-state index in [1.165, 1.54) is 17.4 Å². The van der Waals surface area contributed by atoms with Crippen molar-refractivity contribution in [3.05, 3.63) is 46.9 Å². The third kappa shape index (κ3) is 6.39. The van der Waals surface area contributed by atoms with Crippen molar-refractivity contribution < 1.29 is 74.5 Å². The number of benzene rings is 2. The SMILES string of the molecule is CC([O-])=NC1C(O)CC(Oc2ccc(Br)cc2-c2nc3ccccc3s2)(C(=O)O)OC1C(O)C(O)CO.[Na+]. The number of carbonyl (C=O) groups is 1. The first-order valence-electron chi connectivity index (χ1n) is 11.2. The number of ether oxygens (including phenoxy) is 2. The first kappa shape index (κ1) is 30.9. The fourth-order valence-electron chi connectivity index (χ4n) is 4.09. The van der Waals surface area contributed by atoms with Crippen molar-refractivity contribution in [1.82, 2.24) is 4.98 Å². The minimum atomic E-state index is -2.54. The molecule has 6 atom stereocenters. The molecule has 1 saturated heterocycles. The summed E-state index contributed by atoms with van der Waals surface area (Å²) in [6.07, 6.45) is -7.63. The molecule has 14 heteroatoms. The predicted molar refractivity (Wildman–Crippen MR) is 135 cm³/mol. The van der Waals surface area contributed by atoms with Gasteiger partial charge in [0.15, 0.2) is 0 Å². The van der Waals surface area contributed by atoms with Gasteiger partial charge in [0.1, 0.15) is 35.1 Å². The average Bonchev–Trinajstić information content (AvgIpc) is 3.29. The number of nitrogens with zero attached hydrogens (tertiary/aromatic N) is 2. The molecular formula is C24H24BrN2NaO9S. The zero-order valence-electron chi connectivity index (χ0n) is 20.4. The number of hydrogen-bond acceptors (Lipinski definition) is 11. The van der Waals surface area contributed by atoms with Gasteiger partial charge in [0, 0.05) is 4.47 Å². The molecule has 1 aromatic heterocycles. The van der Waals surface area contributed by atoms with Crippen molar-refractivity contribution in [3.8, 4) is 16.3 Å². The van der Waals surface area contributed by atoms with E-state index in [-0.39, 0.29) is 35.3 Å². The normalized spacial score (nSPS) is 25.4. The molecule has 2 aromatic carbocycles. The van der Waals surface area contributed by atoms with Crippen LogP contribution < -0.4 is 39.4 Å². The Bertz CT molecular complexity index is 1290. The zero-order valence-corrected chi connectivity index (χ0v) is 24.8. The van der Waals surface area contributed by atoms with Gasteiger partial charge in [-0.3, -0.25) is 4.99 Å². The molecule has 11 nitrogen and oxygen atoms in total. The smallest absolute Gasteiger partial charge is 0.862 e. The van der Waals surface area contributed by atoms with Crippen molar-refractivity contribution in [1.29, 1.82) is 0 Å². The first-order chi connectivity index (χ1) is 17.5. The number of para-hydroxylation sites is 1. The third-order valence-electron chi connectivity index (χ3n) is 5.85. The molecule has 4 rings (SSSR count). The minimum absolute atomic E-state index is 0. The second-order valence-corrected chi connectivity index (χ2v) is 10.5. The van der Waals surface area contributed by atoms with Gasteiger partial charge >= 0.3 is 41.3 Å². The molecule has 198 valence electrons. The molecule has 0 amide bonds.